The second kappa shape index (κ2) is 5.16. The summed E-state index contributed by atoms with van der Waals surface area (Å²) in [5.74, 6) is -1.43. The number of nitrogens with zero attached hydrogens (tertiary/aromatic N) is 3. The van der Waals surface area contributed by atoms with E-state index in [9.17, 15) is 9.59 Å². The van der Waals surface area contributed by atoms with E-state index >= 15 is 0 Å². The molecule has 1 fully saturated rings. The maximum atomic E-state index is 12.3. The summed E-state index contributed by atoms with van der Waals surface area (Å²) in [6.45, 7) is 6.67. The summed E-state index contributed by atoms with van der Waals surface area (Å²) < 4.78 is 5.73. The van der Waals surface area contributed by atoms with Gasteiger partial charge in [-0.1, -0.05) is 0 Å². The van der Waals surface area contributed by atoms with Crippen molar-refractivity contribution in [2.75, 3.05) is 13.1 Å². The molecule has 0 aromatic carbocycles. The smallest absolute Gasteiger partial charge is 0.356 e. The van der Waals surface area contributed by atoms with Crippen molar-refractivity contribution >= 4 is 11.9 Å². The van der Waals surface area contributed by atoms with Crippen LogP contribution in [0, 0.1) is 0 Å². The zero-order valence-electron chi connectivity index (χ0n) is 11.7. The predicted octanol–water partition coefficient (Wildman–Crippen LogP) is 0.814. The van der Waals surface area contributed by atoms with Crippen molar-refractivity contribution in [1.29, 1.82) is 0 Å². The van der Waals surface area contributed by atoms with E-state index < -0.39 is 11.6 Å². The summed E-state index contributed by atoms with van der Waals surface area (Å²) >= 11 is 0. The standard InChI is InChI=1S/C13H17N3O4/c1-8-6-16(7-13(2,3)20-8)11(17)9-4-15-10(5-14-9)12(18)19/h4-5,8H,6-7H2,1-3H3,(H,18,19). The molecule has 1 aliphatic heterocycles. The first-order valence-electron chi connectivity index (χ1n) is 6.31. The maximum absolute atomic E-state index is 12.3. The summed E-state index contributed by atoms with van der Waals surface area (Å²) in [5.41, 5.74) is -0.459. The van der Waals surface area contributed by atoms with E-state index in [-0.39, 0.29) is 23.4 Å². The second-order valence-electron chi connectivity index (χ2n) is 5.47. The van der Waals surface area contributed by atoms with Gasteiger partial charge >= 0.3 is 5.97 Å². The molecule has 1 saturated heterocycles. The Morgan fingerprint density at radius 3 is 2.45 bits per heavy atom. The topological polar surface area (TPSA) is 92.6 Å². The SMILES string of the molecule is CC1CN(C(=O)c2cnc(C(=O)O)cn2)CC(C)(C)O1. The molecule has 1 aromatic rings. The minimum Gasteiger partial charge on any atom is -0.476 e. The molecule has 0 aliphatic carbocycles. The largest absolute Gasteiger partial charge is 0.476 e. The van der Waals surface area contributed by atoms with Crippen molar-refractivity contribution in [3.63, 3.8) is 0 Å². The Hall–Kier alpha value is -2.02. The van der Waals surface area contributed by atoms with Crippen LogP contribution in [0.3, 0.4) is 0 Å². The highest BCUT2D eigenvalue weighted by Crippen LogP contribution is 2.21. The van der Waals surface area contributed by atoms with Crippen LogP contribution in [0.25, 0.3) is 0 Å². The molecule has 1 aromatic heterocycles. The number of morpholine rings is 1. The number of hydrogen-bond acceptors (Lipinski definition) is 5. The number of carbonyl (C=O) groups excluding carboxylic acids is 1. The van der Waals surface area contributed by atoms with Gasteiger partial charge in [0.05, 0.1) is 24.1 Å². The molecule has 20 heavy (non-hydrogen) atoms. The van der Waals surface area contributed by atoms with Gasteiger partial charge in [-0.05, 0) is 20.8 Å². The van der Waals surface area contributed by atoms with Crippen molar-refractivity contribution in [3.8, 4) is 0 Å². The van der Waals surface area contributed by atoms with Crippen molar-refractivity contribution in [2.45, 2.75) is 32.5 Å². The number of carboxylic acid groups (broad SMARTS) is 1. The first-order valence-corrected chi connectivity index (χ1v) is 6.31. The molecule has 2 rings (SSSR count). The molecule has 7 nitrogen and oxygen atoms in total. The number of aromatic nitrogens is 2. The quantitative estimate of drug-likeness (QED) is 0.861. The summed E-state index contributed by atoms with van der Waals surface area (Å²) in [6, 6.07) is 0. The fraction of sp³-hybridized carbons (Fsp3) is 0.538. The van der Waals surface area contributed by atoms with E-state index in [0.717, 1.165) is 6.20 Å². The van der Waals surface area contributed by atoms with Crippen LogP contribution in [-0.4, -0.2) is 56.6 Å². The number of amides is 1. The van der Waals surface area contributed by atoms with Crippen molar-refractivity contribution < 1.29 is 19.4 Å². The lowest BCUT2D eigenvalue weighted by atomic mass is 10.1. The van der Waals surface area contributed by atoms with Gasteiger partial charge in [-0.25, -0.2) is 14.8 Å². The van der Waals surface area contributed by atoms with E-state index in [1.807, 2.05) is 20.8 Å². The van der Waals surface area contributed by atoms with Gasteiger partial charge in [0.25, 0.3) is 5.91 Å². The van der Waals surface area contributed by atoms with Gasteiger partial charge in [-0.15, -0.1) is 0 Å². The zero-order chi connectivity index (χ0) is 14.9. The number of rotatable bonds is 2. The molecule has 1 aliphatic rings. The molecule has 0 radical (unpaired) electrons. The minimum atomic E-state index is -1.17. The molecule has 1 unspecified atom stereocenters. The van der Waals surface area contributed by atoms with Gasteiger partial charge in [-0.2, -0.15) is 0 Å². The van der Waals surface area contributed by atoms with Gasteiger partial charge in [0, 0.05) is 13.1 Å². The van der Waals surface area contributed by atoms with E-state index in [0.29, 0.717) is 13.1 Å². The maximum Gasteiger partial charge on any atom is 0.356 e. The molecule has 0 spiro atoms. The van der Waals surface area contributed by atoms with Crippen LogP contribution in [0.4, 0.5) is 0 Å². The van der Waals surface area contributed by atoms with Crippen LogP contribution >= 0.6 is 0 Å². The van der Waals surface area contributed by atoms with Crippen LogP contribution in [0.2, 0.25) is 0 Å². The van der Waals surface area contributed by atoms with Gasteiger partial charge in [0.2, 0.25) is 0 Å². The first-order chi connectivity index (χ1) is 9.28. The second-order valence-corrected chi connectivity index (χ2v) is 5.47. The Bertz CT molecular complexity index is 527. The fourth-order valence-corrected chi connectivity index (χ4v) is 2.32. The Morgan fingerprint density at radius 1 is 1.35 bits per heavy atom. The molecule has 2 heterocycles. The number of hydrogen-bond donors (Lipinski definition) is 1. The van der Waals surface area contributed by atoms with E-state index in [2.05, 4.69) is 9.97 Å². The fourth-order valence-electron chi connectivity index (χ4n) is 2.32. The van der Waals surface area contributed by atoms with Gasteiger partial charge in [0.15, 0.2) is 5.69 Å². The highest BCUT2D eigenvalue weighted by atomic mass is 16.5. The van der Waals surface area contributed by atoms with Crippen LogP contribution in [0.15, 0.2) is 12.4 Å². The molecule has 1 atom stereocenters. The van der Waals surface area contributed by atoms with Crippen molar-refractivity contribution in [1.82, 2.24) is 14.9 Å². The molecule has 1 N–H and O–H groups in total. The average Bonchev–Trinajstić information content (AvgIpc) is 2.35. The predicted molar refractivity (Wildman–Crippen MR) is 69.5 cm³/mol. The Morgan fingerprint density at radius 2 is 1.95 bits per heavy atom. The van der Waals surface area contributed by atoms with Gasteiger partial charge in [0.1, 0.15) is 5.69 Å². The Kier molecular flexibility index (Phi) is 3.71. The lowest BCUT2D eigenvalue weighted by Crippen LogP contribution is -2.53. The van der Waals surface area contributed by atoms with Crippen molar-refractivity contribution in [2.24, 2.45) is 0 Å². The summed E-state index contributed by atoms with van der Waals surface area (Å²) in [5, 5.41) is 8.75. The van der Waals surface area contributed by atoms with E-state index in [1.54, 1.807) is 4.90 Å². The third-order valence-electron chi connectivity index (χ3n) is 2.95. The van der Waals surface area contributed by atoms with Crippen LogP contribution in [0.1, 0.15) is 41.7 Å². The van der Waals surface area contributed by atoms with E-state index in [1.165, 1.54) is 6.20 Å². The summed E-state index contributed by atoms with van der Waals surface area (Å²) in [4.78, 5) is 32.3. The van der Waals surface area contributed by atoms with Crippen molar-refractivity contribution in [3.05, 3.63) is 23.8 Å². The average molecular weight is 279 g/mol. The van der Waals surface area contributed by atoms with Crippen LogP contribution < -0.4 is 0 Å². The highest BCUT2D eigenvalue weighted by molar-refractivity contribution is 5.93. The summed E-state index contributed by atoms with van der Waals surface area (Å²) in [6.07, 6.45) is 2.22. The number of aromatic carboxylic acids is 1. The first kappa shape index (κ1) is 14.4. The number of carbonyl (C=O) groups is 2. The lowest BCUT2D eigenvalue weighted by Gasteiger charge is -2.41. The molecule has 7 heteroatoms. The minimum absolute atomic E-state index is 0.0612. The normalized spacial score (nSPS) is 21.6. The number of ether oxygens (including phenoxy) is 1. The van der Waals surface area contributed by atoms with E-state index in [4.69, 9.17) is 9.84 Å². The molecular weight excluding hydrogens is 262 g/mol. The molecular formula is C13H17N3O4. The van der Waals surface area contributed by atoms with Crippen LogP contribution in [0.5, 0.6) is 0 Å². The van der Waals surface area contributed by atoms with Crippen LogP contribution in [-0.2, 0) is 4.74 Å². The van der Waals surface area contributed by atoms with Gasteiger partial charge in [-0.3, -0.25) is 4.79 Å². The Labute approximate surface area is 116 Å². The highest BCUT2D eigenvalue weighted by Gasteiger charge is 2.34. The molecule has 0 saturated carbocycles. The number of carboxylic acids is 1. The molecule has 108 valence electrons. The monoisotopic (exact) mass is 279 g/mol. The Balaban J connectivity index is 2.16. The third-order valence-corrected chi connectivity index (χ3v) is 2.95. The molecule has 1 amide bonds. The van der Waals surface area contributed by atoms with Gasteiger partial charge < -0.3 is 14.7 Å². The summed E-state index contributed by atoms with van der Waals surface area (Å²) in [7, 11) is 0. The third kappa shape index (κ3) is 3.11. The zero-order valence-corrected chi connectivity index (χ0v) is 11.7. The lowest BCUT2D eigenvalue weighted by molar-refractivity contribution is -0.118. The molecule has 0 bridgehead atoms.